The van der Waals surface area contributed by atoms with Crippen LogP contribution in [0.4, 0.5) is 0 Å². The van der Waals surface area contributed by atoms with Crippen LogP contribution >= 0.6 is 0 Å². The molecule has 0 fully saturated rings. The molecule has 1 N–H and O–H groups in total. The van der Waals surface area contributed by atoms with Crippen LogP contribution in [-0.2, 0) is 0 Å². The van der Waals surface area contributed by atoms with Crippen LogP contribution < -0.4 is 10.8 Å². The molecule has 0 aliphatic heterocycles. The maximum absolute atomic E-state index is 11.3. The van der Waals surface area contributed by atoms with Crippen molar-refractivity contribution in [1.82, 2.24) is 9.38 Å². The summed E-state index contributed by atoms with van der Waals surface area (Å²) in [4.78, 5) is 15.5. The first-order chi connectivity index (χ1) is 8.16. The first kappa shape index (κ1) is 9.84. The van der Waals surface area contributed by atoms with Gasteiger partial charge in [-0.15, -0.1) is 0 Å². The number of benzene rings is 1. The van der Waals surface area contributed by atoms with Crippen LogP contribution in [0.15, 0.2) is 41.5 Å². The molecule has 0 aliphatic carbocycles. The van der Waals surface area contributed by atoms with Crippen molar-refractivity contribution in [2.75, 3.05) is 0 Å². The molecule has 0 bridgehead atoms. The Balaban J connectivity index is 2.59. The highest BCUT2D eigenvalue weighted by Crippen LogP contribution is 2.15. The number of pyridine rings is 1. The van der Waals surface area contributed by atoms with Gasteiger partial charge in [0.2, 0.25) is 0 Å². The fourth-order valence-electron chi connectivity index (χ4n) is 2.02. The minimum Gasteiger partial charge on any atom is -0.510 e. The third-order valence-corrected chi connectivity index (χ3v) is 2.83. The molecule has 0 saturated carbocycles. The van der Waals surface area contributed by atoms with E-state index in [1.807, 2.05) is 10.5 Å². The zero-order chi connectivity index (χ0) is 12.0. The van der Waals surface area contributed by atoms with E-state index in [0.29, 0.717) is 5.35 Å². The molecular weight excluding hydrogens is 216 g/mol. The fourth-order valence-corrected chi connectivity index (χ4v) is 2.02. The SMILES string of the molecule is C/C(O)=c1\cnc2c3ccc(=O)cc3ccn12. The molecule has 3 aromatic rings. The van der Waals surface area contributed by atoms with Gasteiger partial charge in [0.1, 0.15) is 16.8 Å². The highest BCUT2D eigenvalue weighted by atomic mass is 16.3. The number of fused-ring (bicyclic) bond motifs is 3. The van der Waals surface area contributed by atoms with Gasteiger partial charge in [0.05, 0.1) is 6.20 Å². The maximum Gasteiger partial charge on any atom is 0.179 e. The molecule has 0 spiro atoms. The number of aliphatic hydroxyl groups is 1. The number of rotatable bonds is 0. The zero-order valence-corrected chi connectivity index (χ0v) is 9.21. The molecule has 4 heteroatoms. The van der Waals surface area contributed by atoms with Gasteiger partial charge in [-0.3, -0.25) is 9.20 Å². The Labute approximate surface area is 96.4 Å². The van der Waals surface area contributed by atoms with E-state index in [2.05, 4.69) is 4.98 Å². The summed E-state index contributed by atoms with van der Waals surface area (Å²) in [6, 6.07) is 6.71. The summed E-state index contributed by atoms with van der Waals surface area (Å²) in [6.45, 7) is 1.62. The summed E-state index contributed by atoms with van der Waals surface area (Å²) in [5.41, 5.74) is 0.726. The summed E-state index contributed by atoms with van der Waals surface area (Å²) in [6.07, 6.45) is 3.42. The molecule has 84 valence electrons. The average molecular weight is 226 g/mol. The van der Waals surface area contributed by atoms with Gasteiger partial charge in [0.25, 0.3) is 0 Å². The van der Waals surface area contributed by atoms with E-state index in [9.17, 15) is 9.90 Å². The first-order valence-electron chi connectivity index (χ1n) is 5.26. The van der Waals surface area contributed by atoms with Crippen LogP contribution in [0.3, 0.4) is 0 Å². The van der Waals surface area contributed by atoms with E-state index >= 15 is 0 Å². The molecule has 1 aromatic carbocycles. The monoisotopic (exact) mass is 226 g/mol. The Morgan fingerprint density at radius 3 is 2.94 bits per heavy atom. The second kappa shape index (κ2) is 3.31. The minimum atomic E-state index is -0.0152. The average Bonchev–Trinajstić information content (AvgIpc) is 2.72. The predicted octanol–water partition coefficient (Wildman–Crippen LogP) is 1.25. The van der Waals surface area contributed by atoms with E-state index in [-0.39, 0.29) is 11.2 Å². The molecule has 0 amide bonds. The molecule has 2 aromatic heterocycles. The summed E-state index contributed by atoms with van der Waals surface area (Å²) >= 11 is 0. The van der Waals surface area contributed by atoms with Crippen molar-refractivity contribution in [2.24, 2.45) is 0 Å². The summed E-state index contributed by atoms with van der Waals surface area (Å²) in [5.74, 6) is 0.220. The van der Waals surface area contributed by atoms with E-state index in [1.165, 1.54) is 6.07 Å². The van der Waals surface area contributed by atoms with Crippen LogP contribution in [0.2, 0.25) is 0 Å². The Bertz CT molecular complexity index is 830. The molecule has 4 nitrogen and oxygen atoms in total. The van der Waals surface area contributed by atoms with Crippen LogP contribution in [0.5, 0.6) is 0 Å². The molecule has 3 rings (SSSR count). The van der Waals surface area contributed by atoms with Gasteiger partial charge < -0.3 is 5.11 Å². The van der Waals surface area contributed by atoms with Gasteiger partial charge in [-0.25, -0.2) is 4.98 Å². The van der Waals surface area contributed by atoms with Gasteiger partial charge in [-0.1, -0.05) is 0 Å². The lowest BCUT2D eigenvalue weighted by atomic mass is 10.2. The molecular formula is C13H10N2O2. The Morgan fingerprint density at radius 2 is 2.18 bits per heavy atom. The second-order valence-corrected chi connectivity index (χ2v) is 3.99. The molecule has 0 atom stereocenters. The summed E-state index contributed by atoms with van der Waals surface area (Å²) in [7, 11) is 0. The number of hydrogen-bond acceptors (Lipinski definition) is 3. The van der Waals surface area contributed by atoms with Gasteiger partial charge in [0, 0.05) is 11.6 Å². The Hall–Kier alpha value is -2.36. The van der Waals surface area contributed by atoms with E-state index in [4.69, 9.17) is 0 Å². The largest absolute Gasteiger partial charge is 0.510 e. The highest BCUT2D eigenvalue weighted by molar-refractivity contribution is 5.93. The summed E-state index contributed by atoms with van der Waals surface area (Å²) in [5, 5.41) is 12.0. The number of imidazole rings is 1. The van der Waals surface area contributed by atoms with Crippen molar-refractivity contribution in [1.29, 1.82) is 0 Å². The zero-order valence-electron chi connectivity index (χ0n) is 9.21. The van der Waals surface area contributed by atoms with Crippen molar-refractivity contribution >= 4 is 22.2 Å². The molecule has 0 saturated heterocycles. The van der Waals surface area contributed by atoms with Gasteiger partial charge in [-0.05, 0) is 36.6 Å². The topological polar surface area (TPSA) is 54.6 Å². The van der Waals surface area contributed by atoms with E-state index in [1.54, 1.807) is 31.5 Å². The van der Waals surface area contributed by atoms with Gasteiger partial charge in [0.15, 0.2) is 5.43 Å². The number of hydrogen-bond donors (Lipinski definition) is 1. The van der Waals surface area contributed by atoms with Crippen LogP contribution in [0.25, 0.3) is 22.2 Å². The molecule has 17 heavy (non-hydrogen) atoms. The maximum atomic E-state index is 11.3. The van der Waals surface area contributed by atoms with Crippen molar-refractivity contribution in [3.05, 3.63) is 52.2 Å². The second-order valence-electron chi connectivity index (χ2n) is 3.99. The fraction of sp³-hybridized carbons (Fsp3) is 0.0769. The molecule has 0 radical (unpaired) electrons. The Morgan fingerprint density at radius 1 is 1.35 bits per heavy atom. The quantitative estimate of drug-likeness (QED) is 0.627. The lowest BCUT2D eigenvalue weighted by molar-refractivity contribution is 0.496. The normalized spacial score (nSPS) is 13.2. The summed E-state index contributed by atoms with van der Waals surface area (Å²) < 4.78 is 1.81. The van der Waals surface area contributed by atoms with Crippen molar-refractivity contribution in [3.63, 3.8) is 0 Å². The van der Waals surface area contributed by atoms with Gasteiger partial charge in [-0.2, -0.15) is 0 Å². The van der Waals surface area contributed by atoms with Crippen molar-refractivity contribution in [3.8, 4) is 0 Å². The van der Waals surface area contributed by atoms with E-state index in [0.717, 1.165) is 16.4 Å². The van der Waals surface area contributed by atoms with Crippen LogP contribution in [0.1, 0.15) is 6.92 Å². The smallest absolute Gasteiger partial charge is 0.179 e. The predicted molar refractivity (Wildman–Crippen MR) is 65.9 cm³/mol. The number of aliphatic hydroxyl groups excluding tert-OH is 1. The highest BCUT2D eigenvalue weighted by Gasteiger charge is 2.04. The van der Waals surface area contributed by atoms with Gasteiger partial charge >= 0.3 is 0 Å². The molecule has 2 heterocycles. The minimum absolute atomic E-state index is 0.0152. The standard InChI is InChI=1S/C13H10N2O2/c1-8(16)12-7-14-13-11-3-2-10(17)6-9(11)4-5-15(12)13/h2-7,16H,1H3/b12-8-. The van der Waals surface area contributed by atoms with E-state index < -0.39 is 0 Å². The van der Waals surface area contributed by atoms with Crippen molar-refractivity contribution in [2.45, 2.75) is 6.92 Å². The Kier molecular flexibility index (Phi) is 1.92. The number of aromatic nitrogens is 2. The molecule has 0 aliphatic rings. The first-order valence-corrected chi connectivity index (χ1v) is 5.26. The number of nitrogens with zero attached hydrogens (tertiary/aromatic N) is 2. The third kappa shape index (κ3) is 1.38. The van der Waals surface area contributed by atoms with Crippen molar-refractivity contribution < 1.29 is 5.11 Å². The van der Waals surface area contributed by atoms with Crippen LogP contribution in [0, 0.1) is 0 Å². The lowest BCUT2D eigenvalue weighted by Crippen LogP contribution is -2.11. The molecule has 0 unspecified atom stereocenters. The van der Waals surface area contributed by atoms with Crippen LogP contribution in [-0.4, -0.2) is 14.5 Å². The lowest BCUT2D eigenvalue weighted by Gasteiger charge is -1.99. The third-order valence-electron chi connectivity index (χ3n) is 2.83.